The third-order valence-corrected chi connectivity index (χ3v) is 5.80. The number of hydrogen-bond donors (Lipinski definition) is 0. The van der Waals surface area contributed by atoms with E-state index >= 15 is 0 Å². The van der Waals surface area contributed by atoms with Gasteiger partial charge in [0.2, 0.25) is 0 Å². The van der Waals surface area contributed by atoms with Crippen LogP contribution in [0.5, 0.6) is 5.75 Å². The molecular formula is C31H46N2O3. The number of benzene rings is 1. The summed E-state index contributed by atoms with van der Waals surface area (Å²) in [5, 5.41) is 0. The molecule has 0 spiro atoms. The Balaban J connectivity index is 3.08. The van der Waals surface area contributed by atoms with Crippen molar-refractivity contribution in [3.8, 4) is 5.75 Å². The van der Waals surface area contributed by atoms with Gasteiger partial charge in [0.05, 0.1) is 6.61 Å². The molecule has 0 aliphatic rings. The number of esters is 1. The van der Waals surface area contributed by atoms with E-state index in [1.807, 2.05) is 32.1 Å². The molecule has 0 fully saturated rings. The van der Waals surface area contributed by atoms with Crippen LogP contribution in [0, 0.1) is 6.92 Å². The first-order chi connectivity index (χ1) is 17.0. The molecule has 0 aliphatic carbocycles. The number of aryl methyl sites for hydroxylation is 1. The molecule has 5 heteroatoms. The highest BCUT2D eigenvalue weighted by atomic mass is 16.6. The maximum Gasteiger partial charge on any atom is 0.349 e. The number of nitrogens with zero attached hydrogens (tertiary/aromatic N) is 2. The second-order valence-electron chi connectivity index (χ2n) is 9.53. The summed E-state index contributed by atoms with van der Waals surface area (Å²) < 4.78 is 11.2. The largest absolute Gasteiger partial charge is 0.476 e. The predicted molar refractivity (Wildman–Crippen MR) is 152 cm³/mol. The molecule has 0 aliphatic heterocycles. The van der Waals surface area contributed by atoms with Gasteiger partial charge in [-0.15, -0.1) is 6.58 Å². The molecule has 5 nitrogen and oxygen atoms in total. The van der Waals surface area contributed by atoms with Crippen molar-refractivity contribution < 1.29 is 14.3 Å². The van der Waals surface area contributed by atoms with Gasteiger partial charge in [-0.3, -0.25) is 4.90 Å². The van der Waals surface area contributed by atoms with Crippen LogP contribution in [0.3, 0.4) is 0 Å². The number of rotatable bonds is 15. The fourth-order valence-electron chi connectivity index (χ4n) is 3.69. The lowest BCUT2D eigenvalue weighted by Gasteiger charge is -2.28. The zero-order valence-electron chi connectivity index (χ0n) is 23.7. The van der Waals surface area contributed by atoms with Gasteiger partial charge in [0.15, 0.2) is 5.60 Å². The van der Waals surface area contributed by atoms with E-state index in [4.69, 9.17) is 9.47 Å². The molecule has 0 radical (unpaired) electrons. The van der Waals surface area contributed by atoms with Crippen molar-refractivity contribution in [3.05, 3.63) is 89.7 Å². The number of hydrogen-bond acceptors (Lipinski definition) is 5. The van der Waals surface area contributed by atoms with Gasteiger partial charge in [-0.25, -0.2) is 4.79 Å². The molecule has 1 rings (SSSR count). The van der Waals surface area contributed by atoms with Crippen molar-refractivity contribution in [2.45, 2.75) is 60.1 Å². The molecule has 1 aromatic rings. The minimum atomic E-state index is -1.05. The van der Waals surface area contributed by atoms with E-state index in [1.54, 1.807) is 20.8 Å². The molecular weight excluding hydrogens is 448 g/mol. The van der Waals surface area contributed by atoms with E-state index in [0.29, 0.717) is 12.4 Å². The van der Waals surface area contributed by atoms with E-state index in [0.717, 1.165) is 42.8 Å². The van der Waals surface area contributed by atoms with Crippen molar-refractivity contribution >= 4 is 5.97 Å². The van der Waals surface area contributed by atoms with E-state index in [2.05, 4.69) is 74.3 Å². The standard InChI is InChI=1S/C31H46N2O3/c1-11-15-16-27(13-3)24(5)21-28(32(9)10)23-33(19-12-2)22-26-17-18-29(25(6)20-26)36-31(7,8)30(34)35-14-4/h11-13,15,17-18,20-21H,2,5,14,16,19,22-23H2,1,3-4,6-10H3/b15-11-,27-13+,28-21-. The summed E-state index contributed by atoms with van der Waals surface area (Å²) >= 11 is 0. The van der Waals surface area contributed by atoms with Gasteiger partial charge in [0.1, 0.15) is 5.75 Å². The van der Waals surface area contributed by atoms with Gasteiger partial charge < -0.3 is 14.4 Å². The molecule has 0 amide bonds. The normalized spacial score (nSPS) is 12.7. The van der Waals surface area contributed by atoms with Crippen molar-refractivity contribution in [2.24, 2.45) is 0 Å². The van der Waals surface area contributed by atoms with Gasteiger partial charge in [0.25, 0.3) is 0 Å². The second kappa shape index (κ2) is 15.1. The van der Waals surface area contributed by atoms with Crippen LogP contribution >= 0.6 is 0 Å². The Morgan fingerprint density at radius 1 is 1.19 bits per heavy atom. The van der Waals surface area contributed by atoms with Gasteiger partial charge >= 0.3 is 5.97 Å². The maximum atomic E-state index is 12.2. The minimum Gasteiger partial charge on any atom is -0.476 e. The summed E-state index contributed by atoms with van der Waals surface area (Å²) in [5.41, 5.74) is 4.51. The highest BCUT2D eigenvalue weighted by molar-refractivity contribution is 5.79. The van der Waals surface area contributed by atoms with Crippen molar-refractivity contribution in [2.75, 3.05) is 33.8 Å². The average molecular weight is 495 g/mol. The Labute approximate surface area is 219 Å². The number of ether oxygens (including phenoxy) is 2. The summed E-state index contributed by atoms with van der Waals surface area (Å²) in [4.78, 5) is 16.7. The van der Waals surface area contributed by atoms with E-state index in [9.17, 15) is 4.79 Å². The fourth-order valence-corrected chi connectivity index (χ4v) is 3.69. The molecule has 36 heavy (non-hydrogen) atoms. The minimum absolute atomic E-state index is 0.325. The van der Waals surface area contributed by atoms with Crippen LogP contribution < -0.4 is 4.74 Å². The third kappa shape index (κ3) is 9.90. The van der Waals surface area contributed by atoms with E-state index in [1.165, 1.54) is 11.3 Å². The molecule has 1 aromatic carbocycles. The SMILES string of the molecule is C=CCN(C/C(=C/C(=C)/C(=C/C)C/C=C\C)N(C)C)Cc1ccc(OC(C)(C)C(=O)OCC)c(C)c1. The van der Waals surface area contributed by atoms with Crippen LogP contribution in [0.4, 0.5) is 0 Å². The molecule has 0 saturated heterocycles. The van der Waals surface area contributed by atoms with Crippen LogP contribution in [-0.2, 0) is 16.1 Å². The second-order valence-corrected chi connectivity index (χ2v) is 9.53. The Bertz CT molecular complexity index is 984. The van der Waals surface area contributed by atoms with Gasteiger partial charge in [-0.2, -0.15) is 0 Å². The molecule has 0 aromatic heterocycles. The zero-order valence-corrected chi connectivity index (χ0v) is 23.7. The lowest BCUT2D eigenvalue weighted by molar-refractivity contribution is -0.158. The topological polar surface area (TPSA) is 42.0 Å². The Morgan fingerprint density at radius 3 is 2.42 bits per heavy atom. The quantitative estimate of drug-likeness (QED) is 0.156. The smallest absolute Gasteiger partial charge is 0.349 e. The van der Waals surface area contributed by atoms with Gasteiger partial charge in [-0.05, 0) is 82.4 Å². The summed E-state index contributed by atoms with van der Waals surface area (Å²) in [6, 6.07) is 6.09. The van der Waals surface area contributed by atoms with Crippen LogP contribution in [0.15, 0.2) is 78.6 Å². The third-order valence-electron chi connectivity index (χ3n) is 5.80. The number of likely N-dealkylation sites (N-methyl/N-ethyl adjacent to an activating group) is 1. The van der Waals surface area contributed by atoms with Crippen molar-refractivity contribution in [1.82, 2.24) is 9.80 Å². The monoisotopic (exact) mass is 494 g/mol. The summed E-state index contributed by atoms with van der Waals surface area (Å²) in [7, 11) is 4.13. The fraction of sp³-hybridized carbons (Fsp3) is 0.452. The maximum absolute atomic E-state index is 12.2. The first-order valence-electron chi connectivity index (χ1n) is 12.6. The summed E-state index contributed by atoms with van der Waals surface area (Å²) in [6.45, 7) is 22.2. The molecule has 198 valence electrons. The average Bonchev–Trinajstić information content (AvgIpc) is 2.81. The molecule has 0 bridgehead atoms. The highest BCUT2D eigenvalue weighted by Gasteiger charge is 2.32. The highest BCUT2D eigenvalue weighted by Crippen LogP contribution is 2.26. The van der Waals surface area contributed by atoms with E-state index < -0.39 is 5.60 Å². The number of carbonyl (C=O) groups excluding carboxylic acids is 1. The van der Waals surface area contributed by atoms with Crippen molar-refractivity contribution in [1.29, 1.82) is 0 Å². The first-order valence-corrected chi connectivity index (χ1v) is 12.6. The van der Waals surface area contributed by atoms with Gasteiger partial charge in [0, 0.05) is 39.4 Å². The molecule has 0 N–H and O–H groups in total. The van der Waals surface area contributed by atoms with Crippen LogP contribution in [0.25, 0.3) is 0 Å². The van der Waals surface area contributed by atoms with Crippen LogP contribution in [0.2, 0.25) is 0 Å². The molecule has 0 heterocycles. The zero-order chi connectivity index (χ0) is 27.3. The predicted octanol–water partition coefficient (Wildman–Crippen LogP) is 6.62. The van der Waals surface area contributed by atoms with Crippen LogP contribution in [-0.4, -0.2) is 55.2 Å². The van der Waals surface area contributed by atoms with Crippen molar-refractivity contribution in [3.63, 3.8) is 0 Å². The number of allylic oxidation sites excluding steroid dienone is 6. The molecule has 0 saturated carbocycles. The first kappa shape index (κ1) is 31.0. The Hall–Kier alpha value is -3.05. The lowest BCUT2D eigenvalue weighted by Crippen LogP contribution is -2.39. The van der Waals surface area contributed by atoms with Crippen LogP contribution in [0.1, 0.15) is 52.2 Å². The lowest BCUT2D eigenvalue weighted by atomic mass is 10.0. The number of carbonyl (C=O) groups is 1. The summed E-state index contributed by atoms with van der Waals surface area (Å²) in [5.74, 6) is 0.305. The Morgan fingerprint density at radius 2 is 1.89 bits per heavy atom. The molecule has 0 atom stereocenters. The van der Waals surface area contributed by atoms with Gasteiger partial charge in [-0.1, -0.05) is 43.0 Å². The summed E-state index contributed by atoms with van der Waals surface area (Å²) in [6.07, 6.45) is 11.3. The van der Waals surface area contributed by atoms with E-state index in [-0.39, 0.29) is 5.97 Å². The molecule has 0 unspecified atom stereocenters. The Kier molecular flexibility index (Phi) is 13.0.